The zero-order chi connectivity index (χ0) is 15.0. The Labute approximate surface area is 128 Å². The number of fused-ring (bicyclic) bond motifs is 1. The van der Waals surface area contributed by atoms with Crippen LogP contribution < -0.4 is 10.0 Å². The topological polar surface area (TPSA) is 81.2 Å². The third-order valence-electron chi connectivity index (χ3n) is 3.33. The Morgan fingerprint density at radius 1 is 1.38 bits per heavy atom. The predicted molar refractivity (Wildman–Crippen MR) is 84.0 cm³/mol. The van der Waals surface area contributed by atoms with Crippen LogP contribution in [0.25, 0.3) is 0 Å². The molecule has 1 aliphatic rings. The van der Waals surface area contributed by atoms with Crippen LogP contribution in [0.5, 0.6) is 0 Å². The third kappa shape index (κ3) is 2.38. The van der Waals surface area contributed by atoms with E-state index in [4.69, 9.17) is 5.73 Å². The van der Waals surface area contributed by atoms with Gasteiger partial charge >= 0.3 is 0 Å². The van der Waals surface area contributed by atoms with Crippen LogP contribution in [0.15, 0.2) is 40.3 Å². The van der Waals surface area contributed by atoms with Gasteiger partial charge in [-0.2, -0.15) is 5.10 Å². The Balaban J connectivity index is 2.09. The van der Waals surface area contributed by atoms with Crippen LogP contribution in [0, 0.1) is 0 Å². The van der Waals surface area contributed by atoms with Gasteiger partial charge in [0, 0.05) is 29.9 Å². The lowest BCUT2D eigenvalue weighted by Crippen LogP contribution is -2.35. The lowest BCUT2D eigenvalue weighted by Gasteiger charge is -2.29. The van der Waals surface area contributed by atoms with Gasteiger partial charge in [0.1, 0.15) is 4.90 Å². The maximum atomic E-state index is 12.9. The van der Waals surface area contributed by atoms with Crippen molar-refractivity contribution in [2.75, 3.05) is 22.3 Å². The summed E-state index contributed by atoms with van der Waals surface area (Å²) >= 11 is 1.66. The molecule has 0 atom stereocenters. The molecule has 1 aromatic heterocycles. The number of nitrogens with two attached hydrogens (primary N) is 1. The molecule has 0 radical (unpaired) electrons. The van der Waals surface area contributed by atoms with Crippen molar-refractivity contribution in [1.82, 2.24) is 9.78 Å². The van der Waals surface area contributed by atoms with E-state index in [1.54, 1.807) is 11.8 Å². The summed E-state index contributed by atoms with van der Waals surface area (Å²) in [6.07, 6.45) is 1.50. The first kappa shape index (κ1) is 14.3. The molecule has 0 unspecified atom stereocenters. The van der Waals surface area contributed by atoms with Crippen molar-refractivity contribution < 1.29 is 8.42 Å². The van der Waals surface area contributed by atoms with Crippen molar-refractivity contribution in [3.63, 3.8) is 0 Å². The minimum Gasteiger partial charge on any atom is -0.381 e. The highest BCUT2D eigenvalue weighted by Crippen LogP contribution is 2.38. The summed E-state index contributed by atoms with van der Waals surface area (Å²) in [6.45, 7) is 2.89. The van der Waals surface area contributed by atoms with Crippen molar-refractivity contribution in [2.45, 2.75) is 23.3 Å². The molecule has 0 saturated heterocycles. The highest BCUT2D eigenvalue weighted by molar-refractivity contribution is 8.00. The first-order valence-corrected chi connectivity index (χ1v) is 9.04. The van der Waals surface area contributed by atoms with Gasteiger partial charge in [-0.1, -0.05) is 12.1 Å². The fourth-order valence-corrected chi connectivity index (χ4v) is 5.01. The van der Waals surface area contributed by atoms with Gasteiger partial charge in [0.2, 0.25) is 0 Å². The quantitative estimate of drug-likeness (QED) is 0.931. The summed E-state index contributed by atoms with van der Waals surface area (Å²) in [5.74, 6) is 0.769. The smallest absolute Gasteiger partial charge is 0.269 e. The molecule has 3 rings (SSSR count). The number of sulfonamides is 1. The number of benzene rings is 1. The second-order valence-corrected chi connectivity index (χ2v) is 7.60. The van der Waals surface area contributed by atoms with Crippen molar-refractivity contribution in [3.8, 4) is 0 Å². The highest BCUT2D eigenvalue weighted by Gasteiger charge is 2.32. The summed E-state index contributed by atoms with van der Waals surface area (Å²) < 4.78 is 28.7. The number of anilines is 2. The van der Waals surface area contributed by atoms with Gasteiger partial charge in [0.05, 0.1) is 5.69 Å². The number of hydrogen-bond donors (Lipinski definition) is 1. The molecule has 1 aromatic carbocycles. The normalized spacial score (nSPS) is 15.0. The molecule has 6 nitrogen and oxygen atoms in total. The Bertz CT molecular complexity index is 770. The van der Waals surface area contributed by atoms with Gasteiger partial charge in [-0.05, 0) is 19.1 Å². The van der Waals surface area contributed by atoms with Gasteiger partial charge in [-0.15, -0.1) is 11.8 Å². The molecule has 2 aromatic rings. The molecule has 2 N–H and O–H groups in total. The number of rotatable bonds is 3. The van der Waals surface area contributed by atoms with Crippen LogP contribution in [0.1, 0.15) is 6.92 Å². The maximum Gasteiger partial charge on any atom is 0.269 e. The van der Waals surface area contributed by atoms with E-state index in [0.29, 0.717) is 18.8 Å². The largest absolute Gasteiger partial charge is 0.381 e. The number of aryl methyl sites for hydroxylation is 1. The molecule has 0 saturated carbocycles. The lowest BCUT2D eigenvalue weighted by molar-refractivity contribution is 0.591. The van der Waals surface area contributed by atoms with E-state index in [9.17, 15) is 8.42 Å². The van der Waals surface area contributed by atoms with E-state index in [-0.39, 0.29) is 10.7 Å². The Morgan fingerprint density at radius 3 is 2.86 bits per heavy atom. The average Bonchev–Trinajstić information content (AvgIpc) is 2.88. The minimum absolute atomic E-state index is 0.0487. The molecular formula is C13H16N4O2S2. The zero-order valence-electron chi connectivity index (χ0n) is 11.6. The maximum absolute atomic E-state index is 12.9. The Morgan fingerprint density at radius 2 is 2.14 bits per heavy atom. The van der Waals surface area contributed by atoms with Gasteiger partial charge in [0.25, 0.3) is 10.0 Å². The van der Waals surface area contributed by atoms with E-state index in [1.807, 2.05) is 31.2 Å². The molecule has 21 heavy (non-hydrogen) atoms. The molecule has 0 bridgehead atoms. The van der Waals surface area contributed by atoms with Crippen LogP contribution in [-0.4, -0.2) is 30.5 Å². The predicted octanol–water partition coefficient (Wildman–Crippen LogP) is 1.79. The first-order valence-electron chi connectivity index (χ1n) is 6.61. The molecule has 2 heterocycles. The summed E-state index contributed by atoms with van der Waals surface area (Å²) in [7, 11) is -3.68. The van der Waals surface area contributed by atoms with Crippen LogP contribution in [0.2, 0.25) is 0 Å². The van der Waals surface area contributed by atoms with E-state index >= 15 is 0 Å². The standard InChI is InChI=1S/C13H16N4O2S2/c1-2-16-9-12(13(14)15-16)21(18,19)17-7-8-20-11-6-4-3-5-10(11)17/h3-6,9H,2,7-8H2,1H3,(H2,14,15). The molecule has 8 heteroatoms. The number of thioether (sulfide) groups is 1. The molecule has 0 fully saturated rings. The molecule has 0 amide bonds. The Hall–Kier alpha value is -1.67. The number of hydrogen-bond acceptors (Lipinski definition) is 5. The van der Waals surface area contributed by atoms with E-state index < -0.39 is 10.0 Å². The van der Waals surface area contributed by atoms with Crippen LogP contribution in [-0.2, 0) is 16.6 Å². The van der Waals surface area contributed by atoms with Crippen molar-refractivity contribution >= 4 is 33.3 Å². The fraction of sp³-hybridized carbons (Fsp3) is 0.308. The van der Waals surface area contributed by atoms with E-state index in [2.05, 4.69) is 5.10 Å². The van der Waals surface area contributed by atoms with Crippen molar-refractivity contribution in [1.29, 1.82) is 0 Å². The number of nitrogens with zero attached hydrogens (tertiary/aromatic N) is 3. The summed E-state index contributed by atoms with van der Waals surface area (Å²) in [4.78, 5) is 1.04. The molecule has 0 spiro atoms. The minimum atomic E-state index is -3.68. The van der Waals surface area contributed by atoms with Gasteiger partial charge in [-0.3, -0.25) is 8.99 Å². The van der Waals surface area contributed by atoms with E-state index in [0.717, 1.165) is 10.6 Å². The number of nitrogen functional groups attached to an aromatic ring is 1. The molecule has 112 valence electrons. The van der Waals surface area contributed by atoms with Gasteiger partial charge < -0.3 is 5.73 Å². The summed E-state index contributed by atoms with van der Waals surface area (Å²) in [6, 6.07) is 7.50. The Kier molecular flexibility index (Phi) is 3.58. The third-order valence-corrected chi connectivity index (χ3v) is 6.21. The van der Waals surface area contributed by atoms with Gasteiger partial charge in [-0.25, -0.2) is 8.42 Å². The second kappa shape index (κ2) is 5.27. The summed E-state index contributed by atoms with van der Waals surface area (Å²) in [5.41, 5.74) is 6.49. The number of aromatic nitrogens is 2. The summed E-state index contributed by atoms with van der Waals surface area (Å²) in [5, 5.41) is 4.03. The van der Waals surface area contributed by atoms with Crippen LogP contribution >= 0.6 is 11.8 Å². The van der Waals surface area contributed by atoms with Crippen LogP contribution in [0.3, 0.4) is 0 Å². The van der Waals surface area contributed by atoms with E-state index in [1.165, 1.54) is 15.2 Å². The lowest BCUT2D eigenvalue weighted by atomic mass is 10.3. The molecular weight excluding hydrogens is 308 g/mol. The molecule has 1 aliphatic heterocycles. The van der Waals surface area contributed by atoms with Crippen LogP contribution in [0.4, 0.5) is 11.5 Å². The number of para-hydroxylation sites is 1. The fourth-order valence-electron chi connectivity index (χ4n) is 2.29. The average molecular weight is 324 g/mol. The highest BCUT2D eigenvalue weighted by atomic mass is 32.2. The molecule has 0 aliphatic carbocycles. The van der Waals surface area contributed by atoms with Gasteiger partial charge in [0.15, 0.2) is 5.82 Å². The monoisotopic (exact) mass is 324 g/mol. The van der Waals surface area contributed by atoms with Crippen molar-refractivity contribution in [2.24, 2.45) is 0 Å². The first-order chi connectivity index (χ1) is 10.0. The zero-order valence-corrected chi connectivity index (χ0v) is 13.2. The van der Waals surface area contributed by atoms with Crippen molar-refractivity contribution in [3.05, 3.63) is 30.5 Å². The second-order valence-electron chi connectivity index (χ2n) is 4.63. The SMILES string of the molecule is CCn1cc(S(=O)(=O)N2CCSc3ccccc32)c(N)n1.